The van der Waals surface area contributed by atoms with E-state index in [0.717, 1.165) is 30.3 Å². The minimum atomic E-state index is -4.03. The summed E-state index contributed by atoms with van der Waals surface area (Å²) < 4.78 is 41.1. The maximum Gasteiger partial charge on any atom is 0.335 e. The van der Waals surface area contributed by atoms with Crippen molar-refractivity contribution in [3.63, 3.8) is 0 Å². The first-order chi connectivity index (χ1) is 12.8. The number of aromatic carboxylic acids is 1. The maximum absolute atomic E-state index is 14.2. The van der Waals surface area contributed by atoms with Crippen molar-refractivity contribution >= 4 is 16.0 Å². The second kappa shape index (κ2) is 7.75. The highest BCUT2D eigenvalue weighted by atomic mass is 32.2. The van der Waals surface area contributed by atoms with Crippen LogP contribution in [0.15, 0.2) is 53.4 Å². The first-order valence-corrected chi connectivity index (χ1v) is 10.0. The van der Waals surface area contributed by atoms with E-state index in [1.165, 1.54) is 4.31 Å². The van der Waals surface area contributed by atoms with E-state index in [1.54, 1.807) is 0 Å². The molecule has 1 aliphatic heterocycles. The minimum absolute atomic E-state index is 0.0323. The molecule has 0 radical (unpaired) electrons. The molecule has 2 aromatic carbocycles. The number of piperazine rings is 1. The van der Waals surface area contributed by atoms with Crippen LogP contribution in [-0.2, 0) is 16.6 Å². The molecule has 3 rings (SSSR count). The number of nitrogens with zero attached hydrogens (tertiary/aromatic N) is 2. The van der Waals surface area contributed by atoms with E-state index < -0.39 is 26.7 Å². The van der Waals surface area contributed by atoms with Crippen LogP contribution in [0.4, 0.5) is 4.39 Å². The van der Waals surface area contributed by atoms with Crippen LogP contribution in [0.3, 0.4) is 0 Å². The molecule has 1 unspecified atom stereocenters. The summed E-state index contributed by atoms with van der Waals surface area (Å²) in [7, 11) is -4.03. The van der Waals surface area contributed by atoms with Crippen molar-refractivity contribution in [1.82, 2.24) is 9.21 Å². The highest BCUT2D eigenvalue weighted by molar-refractivity contribution is 7.89. The van der Waals surface area contributed by atoms with Gasteiger partial charge in [0.1, 0.15) is 10.7 Å². The Hall–Kier alpha value is -2.29. The average molecular weight is 392 g/mol. The third-order valence-corrected chi connectivity index (χ3v) is 6.65. The molecule has 8 heteroatoms. The fourth-order valence-corrected chi connectivity index (χ4v) is 4.77. The Kier molecular flexibility index (Phi) is 5.59. The zero-order valence-corrected chi connectivity index (χ0v) is 15.7. The van der Waals surface area contributed by atoms with Gasteiger partial charge in [0.05, 0.1) is 5.56 Å². The van der Waals surface area contributed by atoms with Crippen LogP contribution in [0, 0.1) is 5.82 Å². The number of rotatable bonds is 5. The third kappa shape index (κ3) is 4.18. The molecular weight excluding hydrogens is 371 g/mol. The molecule has 1 fully saturated rings. The van der Waals surface area contributed by atoms with Gasteiger partial charge in [-0.2, -0.15) is 4.31 Å². The normalized spacial score (nSPS) is 19.1. The first kappa shape index (κ1) is 19.5. The zero-order valence-electron chi connectivity index (χ0n) is 14.9. The van der Waals surface area contributed by atoms with Gasteiger partial charge in [0.25, 0.3) is 0 Å². The van der Waals surface area contributed by atoms with E-state index in [-0.39, 0.29) is 24.7 Å². The molecule has 0 amide bonds. The number of carboxylic acids is 1. The van der Waals surface area contributed by atoms with Gasteiger partial charge in [-0.1, -0.05) is 30.3 Å². The maximum atomic E-state index is 14.2. The summed E-state index contributed by atoms with van der Waals surface area (Å²) in [4.78, 5) is 12.6. The molecule has 0 aliphatic carbocycles. The molecule has 27 heavy (non-hydrogen) atoms. The van der Waals surface area contributed by atoms with E-state index in [4.69, 9.17) is 5.11 Å². The summed E-state index contributed by atoms with van der Waals surface area (Å²) in [5.41, 5.74) is 0.864. The summed E-state index contributed by atoms with van der Waals surface area (Å²) in [5.74, 6) is -2.35. The Labute approximate surface area is 157 Å². The van der Waals surface area contributed by atoms with Crippen LogP contribution >= 0.6 is 0 Å². The van der Waals surface area contributed by atoms with Gasteiger partial charge in [-0.05, 0) is 30.7 Å². The van der Waals surface area contributed by atoms with Gasteiger partial charge in [-0.25, -0.2) is 17.6 Å². The van der Waals surface area contributed by atoms with Gasteiger partial charge in [0.2, 0.25) is 10.0 Å². The second-order valence-electron chi connectivity index (χ2n) is 6.62. The SMILES string of the molecule is CC1CN(S(=O)(=O)c2ccc(C(=O)O)cc2F)CCN1Cc1ccccc1. The standard InChI is InChI=1S/C19H21FN2O4S/c1-14-12-22(10-9-21(14)13-15-5-3-2-4-6-15)27(25,26)18-8-7-16(19(23)24)11-17(18)20/h2-8,11,14H,9-10,12-13H2,1H3,(H,23,24). The predicted molar refractivity (Wildman–Crippen MR) is 98.4 cm³/mol. The molecule has 1 heterocycles. The van der Waals surface area contributed by atoms with Crippen molar-refractivity contribution in [3.8, 4) is 0 Å². The van der Waals surface area contributed by atoms with Crippen molar-refractivity contribution in [3.05, 3.63) is 65.5 Å². The first-order valence-electron chi connectivity index (χ1n) is 8.60. The van der Waals surface area contributed by atoms with Crippen molar-refractivity contribution < 1.29 is 22.7 Å². The van der Waals surface area contributed by atoms with Gasteiger partial charge in [-0.15, -0.1) is 0 Å². The van der Waals surface area contributed by atoms with E-state index in [1.807, 2.05) is 37.3 Å². The lowest BCUT2D eigenvalue weighted by Gasteiger charge is -2.39. The lowest BCUT2D eigenvalue weighted by atomic mass is 10.1. The Bertz CT molecular complexity index is 934. The Morgan fingerprint density at radius 1 is 1.19 bits per heavy atom. The number of benzene rings is 2. The van der Waals surface area contributed by atoms with Crippen LogP contribution in [0.25, 0.3) is 0 Å². The Balaban J connectivity index is 1.75. The second-order valence-corrected chi connectivity index (χ2v) is 8.52. The van der Waals surface area contributed by atoms with Crippen LogP contribution in [0.1, 0.15) is 22.8 Å². The number of hydrogen-bond acceptors (Lipinski definition) is 4. The van der Waals surface area contributed by atoms with Crippen LogP contribution < -0.4 is 0 Å². The van der Waals surface area contributed by atoms with E-state index >= 15 is 0 Å². The molecule has 2 aromatic rings. The van der Waals surface area contributed by atoms with Gasteiger partial charge in [-0.3, -0.25) is 4.90 Å². The lowest BCUT2D eigenvalue weighted by Crippen LogP contribution is -2.53. The van der Waals surface area contributed by atoms with Gasteiger partial charge in [0.15, 0.2) is 0 Å². The minimum Gasteiger partial charge on any atom is -0.478 e. The van der Waals surface area contributed by atoms with Crippen molar-refractivity contribution in [1.29, 1.82) is 0 Å². The molecular formula is C19H21FN2O4S. The molecule has 6 nitrogen and oxygen atoms in total. The van der Waals surface area contributed by atoms with Crippen molar-refractivity contribution in [2.75, 3.05) is 19.6 Å². The molecule has 0 bridgehead atoms. The third-order valence-electron chi connectivity index (χ3n) is 4.75. The van der Waals surface area contributed by atoms with Gasteiger partial charge in [0, 0.05) is 32.2 Å². The monoisotopic (exact) mass is 392 g/mol. The van der Waals surface area contributed by atoms with Gasteiger partial charge >= 0.3 is 5.97 Å². The molecule has 144 valence electrons. The fourth-order valence-electron chi connectivity index (χ4n) is 3.22. The fraction of sp³-hybridized carbons (Fsp3) is 0.316. The van der Waals surface area contributed by atoms with Crippen LogP contribution in [0.2, 0.25) is 0 Å². The number of carboxylic acid groups (broad SMARTS) is 1. The number of sulfonamides is 1. The number of hydrogen-bond donors (Lipinski definition) is 1. The summed E-state index contributed by atoms with van der Waals surface area (Å²) in [6.07, 6.45) is 0. The largest absolute Gasteiger partial charge is 0.478 e. The quantitative estimate of drug-likeness (QED) is 0.846. The molecule has 1 aliphatic rings. The molecule has 0 aromatic heterocycles. The molecule has 0 saturated carbocycles. The summed E-state index contributed by atoms with van der Waals surface area (Å²) >= 11 is 0. The summed E-state index contributed by atoms with van der Waals surface area (Å²) in [6.45, 7) is 3.69. The van der Waals surface area contributed by atoms with E-state index in [2.05, 4.69) is 4.90 Å². The van der Waals surface area contributed by atoms with Crippen LogP contribution in [-0.4, -0.2) is 54.4 Å². The van der Waals surface area contributed by atoms with E-state index in [9.17, 15) is 17.6 Å². The number of carbonyl (C=O) groups is 1. The zero-order chi connectivity index (χ0) is 19.6. The Morgan fingerprint density at radius 3 is 2.48 bits per heavy atom. The van der Waals surface area contributed by atoms with Crippen molar-refractivity contribution in [2.24, 2.45) is 0 Å². The highest BCUT2D eigenvalue weighted by Crippen LogP contribution is 2.24. The van der Waals surface area contributed by atoms with Gasteiger partial charge < -0.3 is 5.11 Å². The topological polar surface area (TPSA) is 77.9 Å². The molecule has 1 N–H and O–H groups in total. The predicted octanol–water partition coefficient (Wildman–Crippen LogP) is 2.42. The summed E-state index contributed by atoms with van der Waals surface area (Å²) in [5, 5.41) is 8.90. The average Bonchev–Trinajstić information content (AvgIpc) is 2.63. The molecule has 0 spiro atoms. The molecule has 1 atom stereocenters. The lowest BCUT2D eigenvalue weighted by molar-refractivity contribution is 0.0696. The smallest absolute Gasteiger partial charge is 0.335 e. The van der Waals surface area contributed by atoms with Crippen LogP contribution in [0.5, 0.6) is 0 Å². The van der Waals surface area contributed by atoms with Crippen molar-refractivity contribution in [2.45, 2.75) is 24.4 Å². The Morgan fingerprint density at radius 2 is 1.89 bits per heavy atom. The van der Waals surface area contributed by atoms with E-state index in [0.29, 0.717) is 6.54 Å². The number of halogens is 1. The summed E-state index contributed by atoms with van der Waals surface area (Å²) in [6, 6.07) is 12.8. The molecule has 1 saturated heterocycles. The highest BCUT2D eigenvalue weighted by Gasteiger charge is 2.34.